The molecule has 22 aliphatic heterocycles. The number of ether oxygens (including phenoxy) is 14. The van der Waals surface area contributed by atoms with E-state index in [4.69, 9.17) is 66.3 Å². The molecular weight excluding hydrogens is 1170 g/mol. The second-order valence-corrected chi connectivity index (χ2v) is 21.8. The van der Waals surface area contributed by atoms with Crippen molar-refractivity contribution in [3.8, 4) is 0 Å². The van der Waals surface area contributed by atoms with E-state index in [-0.39, 0.29) is 12.8 Å². The Morgan fingerprint density at radius 3 is 0.729 bits per heavy atom. The summed E-state index contributed by atoms with van der Waals surface area (Å²) in [6.45, 7) is -7.15. The fraction of sp³-hybridized carbons (Fsp3) is 0.957. The molecule has 22 heterocycles. The van der Waals surface area contributed by atoms with E-state index in [2.05, 4.69) is 5.32 Å². The minimum atomic E-state index is -2.28. The van der Waals surface area contributed by atoms with Crippen LogP contribution in [-0.4, -0.2) is 386 Å². The maximum Gasteiger partial charge on any atom is 0.290 e. The molecule has 0 saturated carbocycles. The second-order valence-electron chi connectivity index (χ2n) is 21.8. The van der Waals surface area contributed by atoms with E-state index in [9.17, 15) is 112 Å². The largest absolute Gasteiger partial charge is 0.623 e. The third-order valence-electron chi connectivity index (χ3n) is 16.4. The number of aliphatic hydroxyl groups excluding tert-OH is 20. The summed E-state index contributed by atoms with van der Waals surface area (Å²) in [5.74, 6) is -0.862. The van der Waals surface area contributed by atoms with E-state index in [0.717, 1.165) is 0 Å². The van der Waals surface area contributed by atoms with E-state index in [0.29, 0.717) is 4.74 Å². The highest BCUT2D eigenvalue weighted by atomic mass is 16.8. The van der Waals surface area contributed by atoms with Crippen LogP contribution in [0.4, 0.5) is 0 Å². The van der Waals surface area contributed by atoms with Gasteiger partial charge >= 0.3 is 0 Å². The van der Waals surface area contributed by atoms with Gasteiger partial charge in [0.25, 0.3) is 5.91 Å². The lowest BCUT2D eigenvalue weighted by Crippen LogP contribution is -2.68. The molecule has 1 amide bonds. The first kappa shape index (κ1) is 67.0. The summed E-state index contributed by atoms with van der Waals surface area (Å²) in [5, 5.41) is 238. The third kappa shape index (κ3) is 13.4. The standard InChI is InChI=1S/C47H76N2O36/c50-5-13-34-21(58)28(65)43(74-13)82-36-15(7-52)76-45(30(67)23(36)60)84-38-17(9-54)78-47(32(69)25(38)62)85-39-18(10-55)77-46(31(68)24(39)61)83-37-16(8-53)75-44(29(66)22(37)59)81-35-14(6-51)73-42(27(64)20(35)57)79-33-12(72-41(80-34)26(63)19(33)56)4-48-40(70)11-2-1-3-49(11)71/h3,11-39,41-47,50-69H,1-2,4-10H2,(H,48,70)/t11-,12-,13-,14-,15-,16-,17-,18-,19-,20-,21-,22-,23-,24-,25-,26-,27-,28-,29-,30-,31-,32-,33-,34-,35-,36-,37-,38-,39-,41-,42-,43-,44-,45-,46-,47-/m1/s1. The number of hydroxylamine groups is 1. The lowest BCUT2D eigenvalue weighted by molar-refractivity contribution is -0.473. The molecule has 38 nitrogen and oxygen atoms in total. The van der Waals surface area contributed by atoms with Crippen molar-refractivity contribution in [2.75, 3.05) is 46.2 Å². The molecule has 0 spiro atoms. The Labute approximate surface area is 480 Å². The predicted octanol–water partition coefficient (Wildman–Crippen LogP) is -15.4. The highest BCUT2D eigenvalue weighted by Gasteiger charge is 2.60. The van der Waals surface area contributed by atoms with Crippen molar-refractivity contribution in [3.63, 3.8) is 0 Å². The number of nitrogens with one attached hydrogen (secondary N) is 1. The number of carbonyl (C=O) groups is 1. The highest BCUT2D eigenvalue weighted by molar-refractivity contribution is 5.82. The number of carbonyl (C=O) groups excluding carboxylic acids is 1. The monoisotopic (exact) mass is 1240 g/mol. The molecular formula is C47H76N2O36. The van der Waals surface area contributed by atoms with Gasteiger partial charge in [-0.1, -0.05) is 0 Å². The Kier molecular flexibility index (Phi) is 22.4. The van der Waals surface area contributed by atoms with Crippen molar-refractivity contribution >= 4 is 12.1 Å². The molecule has 490 valence electrons. The first-order chi connectivity index (χ1) is 40.5. The Bertz CT molecular complexity index is 2170. The van der Waals surface area contributed by atoms with Crippen LogP contribution in [0, 0.1) is 5.21 Å². The van der Waals surface area contributed by atoms with Crippen LogP contribution in [0.15, 0.2) is 0 Å². The van der Waals surface area contributed by atoms with Gasteiger partial charge in [-0.05, 0) is 0 Å². The molecule has 22 aliphatic rings. The van der Waals surface area contributed by atoms with Gasteiger partial charge in [0.05, 0.1) is 39.6 Å². The van der Waals surface area contributed by atoms with Gasteiger partial charge in [-0.15, -0.1) is 0 Å². The van der Waals surface area contributed by atoms with Crippen LogP contribution < -0.4 is 5.32 Å². The molecule has 0 aromatic rings. The number of nitrogens with zero attached hydrogens (tertiary/aromatic N) is 1. The summed E-state index contributed by atoms with van der Waals surface area (Å²) in [6, 6.07) is -1.23. The zero-order chi connectivity index (χ0) is 61.6. The van der Waals surface area contributed by atoms with Gasteiger partial charge in [0.2, 0.25) is 6.04 Å². The number of aliphatic hydroxyl groups is 20. The molecule has 21 fully saturated rings. The predicted molar refractivity (Wildman–Crippen MR) is 257 cm³/mol. The minimum Gasteiger partial charge on any atom is -0.623 e. The lowest BCUT2D eigenvalue weighted by atomic mass is 9.95. The molecule has 36 atom stereocenters. The number of hydrogen-bond donors (Lipinski definition) is 21. The molecule has 21 N–H and O–H groups in total. The molecule has 0 aliphatic carbocycles. The van der Waals surface area contributed by atoms with Crippen LogP contribution in [0.2, 0.25) is 0 Å². The Hall–Kier alpha value is -2.42. The zero-order valence-corrected chi connectivity index (χ0v) is 44.6. The molecule has 38 heteroatoms. The average molecular weight is 1250 g/mol. The van der Waals surface area contributed by atoms with Crippen molar-refractivity contribution < 1.29 is 178 Å². The molecule has 14 bridgehead atoms. The van der Waals surface area contributed by atoms with Crippen LogP contribution >= 0.6 is 0 Å². The maximum absolute atomic E-state index is 13.3. The Morgan fingerprint density at radius 1 is 0.341 bits per heavy atom. The Morgan fingerprint density at radius 2 is 0.541 bits per heavy atom. The maximum atomic E-state index is 13.3. The van der Waals surface area contributed by atoms with Gasteiger partial charge in [-0.2, -0.15) is 0 Å². The topological polar surface area (TPSA) is 589 Å². The van der Waals surface area contributed by atoms with Crippen molar-refractivity contribution in [2.24, 2.45) is 0 Å². The van der Waals surface area contributed by atoms with Crippen LogP contribution in [-0.2, 0) is 71.1 Å². The quantitative estimate of drug-likeness (QED) is 0.0753. The van der Waals surface area contributed by atoms with Gasteiger partial charge in [-0.3, -0.25) is 4.79 Å². The first-order valence-corrected chi connectivity index (χ1v) is 27.4. The van der Waals surface area contributed by atoms with Gasteiger partial charge in [0.15, 0.2) is 50.2 Å². The summed E-state index contributed by atoms with van der Waals surface area (Å²) in [5.41, 5.74) is 0. The van der Waals surface area contributed by atoms with E-state index >= 15 is 0 Å². The fourth-order valence-corrected chi connectivity index (χ4v) is 11.6. The van der Waals surface area contributed by atoms with Crippen molar-refractivity contribution in [1.82, 2.24) is 5.32 Å². The van der Waals surface area contributed by atoms with Gasteiger partial charge in [0, 0.05) is 19.4 Å². The summed E-state index contributed by atoms with van der Waals surface area (Å²) in [4.78, 5) is 13.3. The number of hydrogen-bond acceptors (Lipinski definition) is 36. The zero-order valence-electron chi connectivity index (χ0n) is 44.6. The van der Waals surface area contributed by atoms with E-state index in [1.54, 1.807) is 0 Å². The van der Waals surface area contributed by atoms with E-state index in [1.165, 1.54) is 6.21 Å². The number of amides is 1. The summed E-state index contributed by atoms with van der Waals surface area (Å²) in [7, 11) is 0. The molecule has 0 aromatic carbocycles. The van der Waals surface area contributed by atoms with Crippen molar-refractivity contribution in [2.45, 2.75) is 234 Å². The summed E-state index contributed by atoms with van der Waals surface area (Å²) < 4.78 is 81.0. The third-order valence-corrected chi connectivity index (χ3v) is 16.4. The molecule has 22 rings (SSSR count). The SMILES string of the molecule is O=C(NC[C@H]1O[C@@H]2O[C@H]3[C@H](O)[C@@H](O)[C@@H](O[C@H]4[C@H](O)[C@@H](O)[C@@H](O[C@H]5[C@H](O)[C@@H](O)[C@@H](O[C@H]6[C@H](O)[C@@H](O)[C@@H](O[C@H]7[C@H](O)[C@@H](O)[C@@H](O[C@H]8[C@H](O)[C@@H](O)[C@@H](O[C@H]1[C@H](O)[C@H]2O)O[C@@H]8CO)O[C@@H]7CO)O[C@@H]6CO)O[C@@H]5CO)O[C@@H]4CO)O[C@@H]3CO)[C@H]1CCC=[N+]1[O-]. The summed E-state index contributed by atoms with van der Waals surface area (Å²) in [6.07, 6.45) is -70.1. The Balaban J connectivity index is 1.01. The molecule has 21 saturated heterocycles. The van der Waals surface area contributed by atoms with E-state index in [1.807, 2.05) is 0 Å². The van der Waals surface area contributed by atoms with Crippen molar-refractivity contribution in [3.05, 3.63) is 5.21 Å². The van der Waals surface area contributed by atoms with Gasteiger partial charge in [0.1, 0.15) is 171 Å². The van der Waals surface area contributed by atoms with Crippen LogP contribution in [0.1, 0.15) is 12.8 Å². The fourth-order valence-electron chi connectivity index (χ4n) is 11.6. The van der Waals surface area contributed by atoms with Gasteiger partial charge in [-0.25, -0.2) is 4.74 Å². The smallest absolute Gasteiger partial charge is 0.290 e. The van der Waals surface area contributed by atoms with E-state index < -0.39 is 273 Å². The molecule has 0 unspecified atom stereocenters. The van der Waals surface area contributed by atoms with Crippen molar-refractivity contribution in [1.29, 1.82) is 0 Å². The lowest BCUT2D eigenvalue weighted by Gasteiger charge is -2.50. The normalized spacial score (nSPS) is 52.9. The molecule has 0 radical (unpaired) electrons. The minimum absolute atomic E-state index is 0.0840. The van der Waals surface area contributed by atoms with Crippen LogP contribution in [0.5, 0.6) is 0 Å². The molecule has 85 heavy (non-hydrogen) atoms. The summed E-state index contributed by atoms with van der Waals surface area (Å²) >= 11 is 0. The van der Waals surface area contributed by atoms with Gasteiger partial charge < -0.3 is 179 Å². The molecule has 0 aromatic heterocycles. The first-order valence-electron chi connectivity index (χ1n) is 27.4. The van der Waals surface area contributed by atoms with Crippen LogP contribution in [0.3, 0.4) is 0 Å². The average Bonchev–Trinajstić information content (AvgIpc) is 3.98. The second kappa shape index (κ2) is 28.4. The number of rotatable bonds is 9. The highest BCUT2D eigenvalue weighted by Crippen LogP contribution is 2.39. The van der Waals surface area contributed by atoms with Crippen LogP contribution in [0.25, 0.3) is 0 Å².